The van der Waals surface area contributed by atoms with Gasteiger partial charge in [-0.15, -0.1) is 0 Å². The fraction of sp³-hybridized carbons (Fsp3) is 0.0556. The molecule has 24 heavy (non-hydrogen) atoms. The lowest BCUT2D eigenvalue weighted by Gasteiger charge is -2.27. The Bertz CT molecular complexity index is 872. The number of benzene rings is 2. The lowest BCUT2D eigenvalue weighted by molar-refractivity contribution is -0.122. The molecule has 6 heteroatoms. The first-order chi connectivity index (χ1) is 11.5. The fourth-order valence-corrected chi connectivity index (χ4v) is 2.78. The molecule has 1 fully saturated rings. The maximum absolute atomic E-state index is 12.7. The molecule has 1 aliphatic rings. The Balaban J connectivity index is 2.03. The van der Waals surface area contributed by atoms with E-state index in [4.69, 9.17) is 0 Å². The highest BCUT2D eigenvalue weighted by Gasteiger charge is 2.37. The molecule has 2 aromatic carbocycles. The highest BCUT2D eigenvalue weighted by Crippen LogP contribution is 2.24. The van der Waals surface area contributed by atoms with Crippen LogP contribution in [0.15, 0.2) is 54.1 Å². The van der Waals surface area contributed by atoms with Gasteiger partial charge in [0, 0.05) is 3.57 Å². The van der Waals surface area contributed by atoms with Crippen molar-refractivity contribution in [2.24, 2.45) is 0 Å². The monoisotopic (exact) mass is 432 g/mol. The van der Waals surface area contributed by atoms with E-state index in [0.29, 0.717) is 11.3 Å². The van der Waals surface area contributed by atoms with E-state index >= 15 is 0 Å². The van der Waals surface area contributed by atoms with E-state index in [0.717, 1.165) is 14.0 Å². The van der Waals surface area contributed by atoms with Crippen LogP contribution >= 0.6 is 22.6 Å². The Hall–Kier alpha value is -2.48. The Morgan fingerprint density at radius 2 is 1.67 bits per heavy atom. The summed E-state index contributed by atoms with van der Waals surface area (Å²) in [4.78, 5) is 38.0. The number of aryl methyl sites for hydroxylation is 1. The predicted molar refractivity (Wildman–Crippen MR) is 99.3 cm³/mol. The predicted octanol–water partition coefficient (Wildman–Crippen LogP) is 3.27. The van der Waals surface area contributed by atoms with Gasteiger partial charge in [-0.2, -0.15) is 0 Å². The maximum Gasteiger partial charge on any atom is 0.335 e. The van der Waals surface area contributed by atoms with Crippen molar-refractivity contribution in [1.82, 2.24) is 5.32 Å². The lowest BCUT2D eigenvalue weighted by Crippen LogP contribution is -2.54. The van der Waals surface area contributed by atoms with E-state index in [2.05, 4.69) is 27.9 Å². The molecule has 0 saturated carbocycles. The zero-order valence-corrected chi connectivity index (χ0v) is 14.9. The van der Waals surface area contributed by atoms with Gasteiger partial charge in [-0.3, -0.25) is 14.9 Å². The second-order valence-electron chi connectivity index (χ2n) is 5.30. The Morgan fingerprint density at radius 1 is 1.00 bits per heavy atom. The third-order valence-corrected chi connectivity index (χ3v) is 4.36. The van der Waals surface area contributed by atoms with Crippen molar-refractivity contribution >= 4 is 52.2 Å². The third kappa shape index (κ3) is 3.09. The van der Waals surface area contributed by atoms with Crippen LogP contribution in [0.2, 0.25) is 0 Å². The van der Waals surface area contributed by atoms with Gasteiger partial charge in [0.05, 0.1) is 5.69 Å². The van der Waals surface area contributed by atoms with Crippen molar-refractivity contribution in [2.45, 2.75) is 6.92 Å². The average Bonchev–Trinajstić information content (AvgIpc) is 2.55. The van der Waals surface area contributed by atoms with E-state index in [1.165, 1.54) is 6.08 Å². The van der Waals surface area contributed by atoms with Crippen LogP contribution in [-0.4, -0.2) is 17.8 Å². The summed E-state index contributed by atoms with van der Waals surface area (Å²) in [5.41, 5.74) is 1.87. The molecule has 1 aliphatic heterocycles. The second-order valence-corrected chi connectivity index (χ2v) is 6.54. The number of barbiturate groups is 1. The molecule has 0 spiro atoms. The van der Waals surface area contributed by atoms with Gasteiger partial charge in [0.15, 0.2) is 0 Å². The summed E-state index contributed by atoms with van der Waals surface area (Å²) in [6.07, 6.45) is 1.49. The van der Waals surface area contributed by atoms with Crippen LogP contribution in [0.3, 0.4) is 0 Å². The molecule has 1 N–H and O–H groups in total. The van der Waals surface area contributed by atoms with Crippen molar-refractivity contribution < 1.29 is 14.4 Å². The zero-order chi connectivity index (χ0) is 17.3. The molecule has 120 valence electrons. The van der Waals surface area contributed by atoms with Crippen LogP contribution in [0.1, 0.15) is 11.1 Å². The van der Waals surface area contributed by atoms with Crippen molar-refractivity contribution in [3.8, 4) is 0 Å². The molecule has 4 amide bonds. The second kappa shape index (κ2) is 6.56. The minimum Gasteiger partial charge on any atom is -0.273 e. The van der Waals surface area contributed by atoms with Gasteiger partial charge < -0.3 is 0 Å². The summed E-state index contributed by atoms with van der Waals surface area (Å²) in [5.74, 6) is -1.31. The number of urea groups is 1. The van der Waals surface area contributed by atoms with Crippen molar-refractivity contribution in [2.75, 3.05) is 4.90 Å². The van der Waals surface area contributed by atoms with E-state index in [-0.39, 0.29) is 5.57 Å². The summed E-state index contributed by atoms with van der Waals surface area (Å²) in [6.45, 7) is 1.80. The smallest absolute Gasteiger partial charge is 0.273 e. The summed E-state index contributed by atoms with van der Waals surface area (Å²) < 4.78 is 1.05. The van der Waals surface area contributed by atoms with Crippen LogP contribution in [0.5, 0.6) is 0 Å². The number of carbonyl (C=O) groups excluding carboxylic acids is 3. The Morgan fingerprint density at radius 3 is 2.33 bits per heavy atom. The minimum atomic E-state index is -0.737. The summed E-state index contributed by atoms with van der Waals surface area (Å²) in [5, 5.41) is 2.22. The highest BCUT2D eigenvalue weighted by molar-refractivity contribution is 14.1. The first-order valence-electron chi connectivity index (χ1n) is 7.20. The maximum atomic E-state index is 12.7. The SMILES string of the molecule is Cc1ccccc1N1C(=O)NC(=O)/C(=C\c2ccc(I)cc2)C1=O. The van der Waals surface area contributed by atoms with Gasteiger partial charge in [-0.1, -0.05) is 30.3 Å². The standard InChI is InChI=1S/C18H13IN2O3/c1-11-4-2-3-5-15(11)21-17(23)14(16(22)20-18(21)24)10-12-6-8-13(19)9-7-12/h2-10H,1H3,(H,20,22,24)/b14-10+. The number of carbonyl (C=O) groups is 3. The molecule has 2 aromatic rings. The minimum absolute atomic E-state index is 0.0703. The van der Waals surface area contributed by atoms with Crippen molar-refractivity contribution in [3.05, 3.63) is 68.8 Å². The van der Waals surface area contributed by atoms with Gasteiger partial charge in [0.25, 0.3) is 11.8 Å². The first kappa shape index (κ1) is 16.4. The zero-order valence-electron chi connectivity index (χ0n) is 12.7. The van der Waals surface area contributed by atoms with Gasteiger partial charge in [0.1, 0.15) is 5.57 Å². The number of hydrogen-bond donors (Lipinski definition) is 1. The lowest BCUT2D eigenvalue weighted by atomic mass is 10.1. The highest BCUT2D eigenvalue weighted by atomic mass is 127. The molecule has 0 radical (unpaired) electrons. The number of nitrogens with one attached hydrogen (secondary N) is 1. The summed E-state index contributed by atoms with van der Waals surface area (Å²) in [6, 6.07) is 13.7. The molecule has 0 atom stereocenters. The van der Waals surface area contributed by atoms with Crippen LogP contribution in [0.25, 0.3) is 6.08 Å². The quantitative estimate of drug-likeness (QED) is 0.450. The molecule has 0 aromatic heterocycles. The van der Waals surface area contributed by atoms with Crippen molar-refractivity contribution in [3.63, 3.8) is 0 Å². The number of halogens is 1. The van der Waals surface area contributed by atoms with Crippen LogP contribution in [0, 0.1) is 10.5 Å². The van der Waals surface area contributed by atoms with E-state index in [1.807, 2.05) is 30.3 Å². The normalized spacial score (nSPS) is 16.5. The van der Waals surface area contributed by atoms with E-state index in [1.54, 1.807) is 25.1 Å². The number of nitrogens with zero attached hydrogens (tertiary/aromatic N) is 1. The Kier molecular flexibility index (Phi) is 4.48. The fourth-order valence-electron chi connectivity index (χ4n) is 2.42. The molecular formula is C18H13IN2O3. The van der Waals surface area contributed by atoms with Gasteiger partial charge >= 0.3 is 6.03 Å². The first-order valence-corrected chi connectivity index (χ1v) is 8.28. The number of hydrogen-bond acceptors (Lipinski definition) is 3. The Labute approximate surface area is 152 Å². The largest absolute Gasteiger partial charge is 0.335 e. The number of anilines is 1. The number of para-hydroxylation sites is 1. The molecule has 3 rings (SSSR count). The number of imide groups is 2. The van der Waals surface area contributed by atoms with Gasteiger partial charge in [0.2, 0.25) is 0 Å². The number of rotatable bonds is 2. The molecule has 1 heterocycles. The third-order valence-electron chi connectivity index (χ3n) is 3.64. The molecule has 0 bridgehead atoms. The molecule has 0 aliphatic carbocycles. The van der Waals surface area contributed by atoms with Crippen LogP contribution < -0.4 is 10.2 Å². The van der Waals surface area contributed by atoms with Crippen molar-refractivity contribution in [1.29, 1.82) is 0 Å². The summed E-state index contributed by atoms with van der Waals surface area (Å²) >= 11 is 2.17. The van der Waals surface area contributed by atoms with E-state index in [9.17, 15) is 14.4 Å². The molecule has 1 saturated heterocycles. The average molecular weight is 432 g/mol. The summed E-state index contributed by atoms with van der Waals surface area (Å²) in [7, 11) is 0. The molecule has 5 nitrogen and oxygen atoms in total. The van der Waals surface area contributed by atoms with E-state index < -0.39 is 17.8 Å². The van der Waals surface area contributed by atoms with Crippen LogP contribution in [-0.2, 0) is 9.59 Å². The number of amides is 4. The molecule has 0 unspecified atom stereocenters. The van der Waals surface area contributed by atoms with Gasteiger partial charge in [-0.05, 0) is 64.9 Å². The topological polar surface area (TPSA) is 66.5 Å². The van der Waals surface area contributed by atoms with Crippen LogP contribution in [0.4, 0.5) is 10.5 Å². The molecular weight excluding hydrogens is 419 g/mol. The van der Waals surface area contributed by atoms with Gasteiger partial charge in [-0.25, -0.2) is 9.69 Å².